The molecule has 4 heteroatoms. The Morgan fingerprint density at radius 3 is 2.45 bits per heavy atom. The van der Waals surface area contributed by atoms with Gasteiger partial charge in [-0.05, 0) is 17.4 Å². The van der Waals surface area contributed by atoms with E-state index in [1.54, 1.807) is 7.11 Å². The lowest BCUT2D eigenvalue weighted by Crippen LogP contribution is -2.53. The molecule has 0 aliphatic carbocycles. The second kappa shape index (κ2) is 8.06. The van der Waals surface area contributed by atoms with Crippen LogP contribution in [-0.4, -0.2) is 37.3 Å². The molecule has 1 heterocycles. The zero-order valence-corrected chi connectivity index (χ0v) is 13.9. The fraction of sp³-hybridized carbons (Fsp3) is 0.667. The number of rotatable bonds is 6. The third-order valence-electron chi connectivity index (χ3n) is 4.79. The van der Waals surface area contributed by atoms with E-state index in [1.807, 2.05) is 25.1 Å². The number of hydrogen-bond donors (Lipinski definition) is 1. The van der Waals surface area contributed by atoms with E-state index >= 15 is 0 Å². The van der Waals surface area contributed by atoms with Crippen molar-refractivity contribution in [3.8, 4) is 0 Å². The van der Waals surface area contributed by atoms with Gasteiger partial charge in [-0.2, -0.15) is 0 Å². The first-order valence-electron chi connectivity index (χ1n) is 8.03. The van der Waals surface area contributed by atoms with Crippen LogP contribution < -0.4 is 0 Å². The van der Waals surface area contributed by atoms with Gasteiger partial charge in [-0.15, -0.1) is 0 Å². The van der Waals surface area contributed by atoms with Crippen molar-refractivity contribution in [3.63, 3.8) is 0 Å². The molecular formula is C18H28O4. The number of aliphatic hydroxyl groups is 1. The number of aliphatic hydroxyl groups excluding tert-OH is 1. The van der Waals surface area contributed by atoms with E-state index in [9.17, 15) is 5.11 Å². The van der Waals surface area contributed by atoms with Crippen molar-refractivity contribution in [1.29, 1.82) is 0 Å². The molecule has 1 fully saturated rings. The molecule has 0 spiro atoms. The summed E-state index contributed by atoms with van der Waals surface area (Å²) in [4.78, 5) is 0. The summed E-state index contributed by atoms with van der Waals surface area (Å²) in [7, 11) is 1.65. The minimum absolute atomic E-state index is 0.0125. The Bertz CT molecular complexity index is 434. The third kappa shape index (κ3) is 3.87. The van der Waals surface area contributed by atoms with Crippen LogP contribution in [0.4, 0.5) is 0 Å². The van der Waals surface area contributed by atoms with Gasteiger partial charge in [0, 0.05) is 19.6 Å². The lowest BCUT2D eigenvalue weighted by Gasteiger charge is -2.45. The van der Waals surface area contributed by atoms with Gasteiger partial charge in [-0.1, -0.05) is 51.1 Å². The highest BCUT2D eigenvalue weighted by molar-refractivity contribution is 5.13. The highest BCUT2D eigenvalue weighted by Gasteiger charge is 2.44. The molecule has 22 heavy (non-hydrogen) atoms. The van der Waals surface area contributed by atoms with Crippen molar-refractivity contribution in [2.24, 2.45) is 17.8 Å². The number of ether oxygens (including phenoxy) is 3. The van der Waals surface area contributed by atoms with Crippen LogP contribution >= 0.6 is 0 Å². The Labute approximate surface area is 133 Å². The summed E-state index contributed by atoms with van der Waals surface area (Å²) < 4.78 is 17.7. The first-order chi connectivity index (χ1) is 10.6. The SMILES string of the molecule is CO[C@H]1OC([C@H](C)CO)[C@@H](C)C(C)[C@@H]1OCc1ccccc1. The van der Waals surface area contributed by atoms with Crippen LogP contribution in [0.15, 0.2) is 30.3 Å². The summed E-state index contributed by atoms with van der Waals surface area (Å²) in [5, 5.41) is 9.42. The summed E-state index contributed by atoms with van der Waals surface area (Å²) in [6.07, 6.45) is -0.516. The molecule has 2 rings (SSSR count). The molecule has 2 unspecified atom stereocenters. The molecule has 0 amide bonds. The summed E-state index contributed by atoms with van der Waals surface area (Å²) >= 11 is 0. The van der Waals surface area contributed by atoms with Gasteiger partial charge in [0.25, 0.3) is 0 Å². The normalized spacial score (nSPS) is 33.6. The lowest BCUT2D eigenvalue weighted by atomic mass is 9.79. The van der Waals surface area contributed by atoms with Gasteiger partial charge in [0.2, 0.25) is 0 Å². The van der Waals surface area contributed by atoms with E-state index in [2.05, 4.69) is 26.0 Å². The average Bonchev–Trinajstić information content (AvgIpc) is 2.56. The second-order valence-electron chi connectivity index (χ2n) is 6.34. The van der Waals surface area contributed by atoms with E-state index in [0.29, 0.717) is 18.4 Å². The molecule has 1 saturated heterocycles. The predicted molar refractivity (Wildman–Crippen MR) is 85.3 cm³/mol. The zero-order valence-electron chi connectivity index (χ0n) is 13.9. The van der Waals surface area contributed by atoms with E-state index in [-0.39, 0.29) is 24.7 Å². The van der Waals surface area contributed by atoms with Crippen LogP contribution in [0, 0.1) is 17.8 Å². The molecule has 4 nitrogen and oxygen atoms in total. The minimum Gasteiger partial charge on any atom is -0.396 e. The Morgan fingerprint density at radius 1 is 1.18 bits per heavy atom. The summed E-state index contributed by atoms with van der Waals surface area (Å²) in [5.41, 5.74) is 1.14. The van der Waals surface area contributed by atoms with Crippen molar-refractivity contribution in [3.05, 3.63) is 35.9 Å². The van der Waals surface area contributed by atoms with Crippen molar-refractivity contribution < 1.29 is 19.3 Å². The maximum atomic E-state index is 9.42. The minimum atomic E-state index is -0.395. The second-order valence-corrected chi connectivity index (χ2v) is 6.34. The van der Waals surface area contributed by atoms with Gasteiger partial charge in [0.1, 0.15) is 6.10 Å². The summed E-state index contributed by atoms with van der Waals surface area (Å²) in [6.45, 7) is 7.00. The molecule has 1 aliphatic rings. The Balaban J connectivity index is 2.04. The van der Waals surface area contributed by atoms with Crippen LogP contribution in [-0.2, 0) is 20.8 Å². The maximum Gasteiger partial charge on any atom is 0.183 e. The van der Waals surface area contributed by atoms with Gasteiger partial charge in [0.15, 0.2) is 6.29 Å². The van der Waals surface area contributed by atoms with Crippen LogP contribution in [0.2, 0.25) is 0 Å². The van der Waals surface area contributed by atoms with Gasteiger partial charge < -0.3 is 19.3 Å². The van der Waals surface area contributed by atoms with Crippen molar-refractivity contribution >= 4 is 0 Å². The number of methoxy groups -OCH3 is 1. The fourth-order valence-electron chi connectivity index (χ4n) is 3.15. The standard InChI is InChI=1S/C18H28O4/c1-12(10-19)16-13(2)14(3)17(18(20-4)22-16)21-11-15-8-6-5-7-9-15/h5-9,12-14,16-19H,10-11H2,1-4H3/t12-,13+,14?,16?,17+,18+/m1/s1. The van der Waals surface area contributed by atoms with Crippen molar-refractivity contribution in [2.45, 2.75) is 45.9 Å². The quantitative estimate of drug-likeness (QED) is 0.878. The topological polar surface area (TPSA) is 47.9 Å². The van der Waals surface area contributed by atoms with E-state index in [4.69, 9.17) is 14.2 Å². The molecule has 6 atom stereocenters. The fourth-order valence-corrected chi connectivity index (χ4v) is 3.15. The van der Waals surface area contributed by atoms with Crippen molar-refractivity contribution in [1.82, 2.24) is 0 Å². The molecular weight excluding hydrogens is 280 g/mol. The Kier molecular flexibility index (Phi) is 6.38. The Hall–Kier alpha value is -0.940. The molecule has 0 saturated carbocycles. The third-order valence-corrected chi connectivity index (χ3v) is 4.79. The zero-order chi connectivity index (χ0) is 16.1. The van der Waals surface area contributed by atoms with E-state index in [0.717, 1.165) is 5.56 Å². The first kappa shape index (κ1) is 17.4. The van der Waals surface area contributed by atoms with Gasteiger partial charge in [0.05, 0.1) is 12.7 Å². The van der Waals surface area contributed by atoms with Crippen LogP contribution in [0.25, 0.3) is 0 Å². The largest absolute Gasteiger partial charge is 0.396 e. The smallest absolute Gasteiger partial charge is 0.183 e. The van der Waals surface area contributed by atoms with Crippen LogP contribution in [0.1, 0.15) is 26.3 Å². The average molecular weight is 308 g/mol. The summed E-state index contributed by atoms with van der Waals surface area (Å²) in [6, 6.07) is 10.1. The number of benzene rings is 1. The van der Waals surface area contributed by atoms with Crippen molar-refractivity contribution in [2.75, 3.05) is 13.7 Å². The van der Waals surface area contributed by atoms with Crippen LogP contribution in [0.3, 0.4) is 0 Å². The molecule has 0 bridgehead atoms. The predicted octanol–water partition coefficient (Wildman–Crippen LogP) is 2.84. The van der Waals surface area contributed by atoms with E-state index < -0.39 is 6.29 Å². The molecule has 1 N–H and O–H groups in total. The van der Waals surface area contributed by atoms with E-state index in [1.165, 1.54) is 0 Å². The highest BCUT2D eigenvalue weighted by Crippen LogP contribution is 2.36. The summed E-state index contributed by atoms with van der Waals surface area (Å²) in [5.74, 6) is 0.681. The maximum absolute atomic E-state index is 9.42. The molecule has 1 aromatic carbocycles. The van der Waals surface area contributed by atoms with Gasteiger partial charge in [-0.25, -0.2) is 0 Å². The first-order valence-corrected chi connectivity index (χ1v) is 8.03. The molecule has 0 aromatic heterocycles. The number of hydrogen-bond acceptors (Lipinski definition) is 4. The molecule has 124 valence electrons. The monoisotopic (exact) mass is 308 g/mol. The van der Waals surface area contributed by atoms with Gasteiger partial charge >= 0.3 is 0 Å². The lowest BCUT2D eigenvalue weighted by molar-refractivity contribution is -0.283. The van der Waals surface area contributed by atoms with Gasteiger partial charge in [-0.3, -0.25) is 0 Å². The molecule has 0 radical (unpaired) electrons. The molecule has 1 aliphatic heterocycles. The highest BCUT2D eigenvalue weighted by atomic mass is 16.7. The van der Waals surface area contributed by atoms with Crippen LogP contribution in [0.5, 0.6) is 0 Å². The Morgan fingerprint density at radius 2 is 1.86 bits per heavy atom. The molecule has 1 aromatic rings.